The standard InChI is InChI=1S/C16H28N4O3S/c1-5-20(6-2)24(21,22)12-11-18-16(17-3)19-13-14-7-9-15(23-4)10-8-14/h7-10H,5-6,11-13H2,1-4H3,(H2,17,18,19). The van der Waals surface area contributed by atoms with E-state index in [0.717, 1.165) is 11.3 Å². The van der Waals surface area contributed by atoms with Crippen LogP contribution in [0.25, 0.3) is 0 Å². The molecule has 0 aliphatic rings. The zero-order valence-electron chi connectivity index (χ0n) is 14.9. The van der Waals surface area contributed by atoms with Crippen molar-refractivity contribution in [1.82, 2.24) is 14.9 Å². The van der Waals surface area contributed by atoms with Gasteiger partial charge in [0.1, 0.15) is 5.75 Å². The maximum Gasteiger partial charge on any atom is 0.215 e. The normalized spacial score (nSPS) is 12.3. The summed E-state index contributed by atoms with van der Waals surface area (Å²) in [6.45, 7) is 5.55. The highest BCUT2D eigenvalue weighted by molar-refractivity contribution is 7.89. The van der Waals surface area contributed by atoms with E-state index >= 15 is 0 Å². The summed E-state index contributed by atoms with van der Waals surface area (Å²) in [4.78, 5) is 4.10. The molecule has 1 rings (SSSR count). The van der Waals surface area contributed by atoms with Gasteiger partial charge in [0.25, 0.3) is 0 Å². The Balaban J connectivity index is 2.45. The second kappa shape index (κ2) is 10.1. The van der Waals surface area contributed by atoms with Gasteiger partial charge in [0.15, 0.2) is 5.96 Å². The Kier molecular flexibility index (Phi) is 8.56. The first-order valence-corrected chi connectivity index (χ1v) is 9.63. The number of aliphatic imine (C=N–C) groups is 1. The van der Waals surface area contributed by atoms with Crippen LogP contribution in [0.1, 0.15) is 19.4 Å². The average molecular weight is 356 g/mol. The van der Waals surface area contributed by atoms with Gasteiger partial charge in [-0.25, -0.2) is 12.7 Å². The maximum absolute atomic E-state index is 12.1. The molecule has 24 heavy (non-hydrogen) atoms. The fourth-order valence-electron chi connectivity index (χ4n) is 2.19. The van der Waals surface area contributed by atoms with E-state index in [2.05, 4.69) is 15.6 Å². The number of sulfonamides is 1. The minimum atomic E-state index is -3.23. The van der Waals surface area contributed by atoms with Crippen molar-refractivity contribution in [1.29, 1.82) is 0 Å². The molecule has 0 spiro atoms. The fraction of sp³-hybridized carbons (Fsp3) is 0.562. The lowest BCUT2D eigenvalue weighted by atomic mass is 10.2. The number of hydrogen-bond donors (Lipinski definition) is 2. The molecule has 0 saturated carbocycles. The molecule has 1 aromatic carbocycles. The number of nitrogens with zero attached hydrogens (tertiary/aromatic N) is 2. The monoisotopic (exact) mass is 356 g/mol. The third-order valence-electron chi connectivity index (χ3n) is 3.59. The lowest BCUT2D eigenvalue weighted by molar-refractivity contribution is 0.414. The molecule has 0 fully saturated rings. The Labute approximate surface area is 145 Å². The van der Waals surface area contributed by atoms with E-state index < -0.39 is 10.0 Å². The van der Waals surface area contributed by atoms with Crippen molar-refractivity contribution < 1.29 is 13.2 Å². The van der Waals surface area contributed by atoms with Crippen LogP contribution in [0.2, 0.25) is 0 Å². The lowest BCUT2D eigenvalue weighted by Gasteiger charge is -2.19. The molecular formula is C16H28N4O3S. The van der Waals surface area contributed by atoms with Gasteiger partial charge < -0.3 is 15.4 Å². The van der Waals surface area contributed by atoms with Gasteiger partial charge in [0.2, 0.25) is 10.0 Å². The van der Waals surface area contributed by atoms with E-state index in [1.165, 1.54) is 4.31 Å². The Morgan fingerprint density at radius 3 is 2.29 bits per heavy atom. The van der Waals surface area contributed by atoms with Crippen molar-refractivity contribution in [3.8, 4) is 5.75 Å². The van der Waals surface area contributed by atoms with Gasteiger partial charge in [-0.15, -0.1) is 0 Å². The molecule has 7 nitrogen and oxygen atoms in total. The van der Waals surface area contributed by atoms with Crippen LogP contribution >= 0.6 is 0 Å². The molecule has 0 unspecified atom stereocenters. The lowest BCUT2D eigenvalue weighted by Crippen LogP contribution is -2.41. The van der Waals surface area contributed by atoms with Crippen molar-refractivity contribution in [2.24, 2.45) is 4.99 Å². The third kappa shape index (κ3) is 6.37. The Morgan fingerprint density at radius 1 is 1.17 bits per heavy atom. The second-order valence-corrected chi connectivity index (χ2v) is 7.19. The van der Waals surface area contributed by atoms with E-state index in [1.54, 1.807) is 14.2 Å². The van der Waals surface area contributed by atoms with Crippen LogP contribution in [0, 0.1) is 0 Å². The summed E-state index contributed by atoms with van der Waals surface area (Å²) in [6, 6.07) is 7.71. The Bertz CT molecular complexity index is 611. The molecule has 2 N–H and O–H groups in total. The van der Waals surface area contributed by atoms with Gasteiger partial charge in [-0.1, -0.05) is 26.0 Å². The largest absolute Gasteiger partial charge is 0.497 e. The number of ether oxygens (including phenoxy) is 1. The van der Waals surface area contributed by atoms with E-state index in [-0.39, 0.29) is 5.75 Å². The number of hydrogen-bond acceptors (Lipinski definition) is 4. The summed E-state index contributed by atoms with van der Waals surface area (Å²) in [6.07, 6.45) is 0. The van der Waals surface area contributed by atoms with E-state index in [9.17, 15) is 8.42 Å². The molecule has 0 radical (unpaired) electrons. The van der Waals surface area contributed by atoms with Crippen LogP contribution in [-0.4, -0.2) is 58.2 Å². The quantitative estimate of drug-likeness (QED) is 0.510. The van der Waals surface area contributed by atoms with Gasteiger partial charge >= 0.3 is 0 Å². The molecule has 0 bridgehead atoms. The summed E-state index contributed by atoms with van der Waals surface area (Å²) in [7, 11) is 0.0582. The molecule has 1 aromatic rings. The summed E-state index contributed by atoms with van der Waals surface area (Å²) in [5, 5.41) is 6.19. The van der Waals surface area contributed by atoms with E-state index in [1.807, 2.05) is 38.1 Å². The van der Waals surface area contributed by atoms with Gasteiger partial charge in [0.05, 0.1) is 12.9 Å². The number of methoxy groups -OCH3 is 1. The van der Waals surface area contributed by atoms with Gasteiger partial charge in [-0.3, -0.25) is 4.99 Å². The zero-order valence-corrected chi connectivity index (χ0v) is 15.7. The minimum Gasteiger partial charge on any atom is -0.497 e. The predicted molar refractivity (Wildman–Crippen MR) is 97.9 cm³/mol. The van der Waals surface area contributed by atoms with Gasteiger partial charge in [-0.05, 0) is 17.7 Å². The first-order valence-electron chi connectivity index (χ1n) is 8.02. The molecule has 0 atom stereocenters. The van der Waals surface area contributed by atoms with Gasteiger partial charge in [-0.2, -0.15) is 0 Å². The number of nitrogens with one attached hydrogen (secondary N) is 2. The SMILES string of the molecule is CCN(CC)S(=O)(=O)CCNC(=NC)NCc1ccc(OC)cc1. The van der Waals surface area contributed by atoms with Gasteiger partial charge in [0, 0.05) is 33.2 Å². The zero-order chi connectivity index (χ0) is 18.0. The summed E-state index contributed by atoms with van der Waals surface area (Å²) >= 11 is 0. The Hall–Kier alpha value is -1.80. The highest BCUT2D eigenvalue weighted by Gasteiger charge is 2.18. The van der Waals surface area contributed by atoms with Crippen molar-refractivity contribution in [2.75, 3.05) is 39.5 Å². The molecule has 0 aliphatic heterocycles. The van der Waals surface area contributed by atoms with Crippen molar-refractivity contribution in [3.05, 3.63) is 29.8 Å². The molecule has 0 amide bonds. The van der Waals surface area contributed by atoms with E-state index in [0.29, 0.717) is 32.1 Å². The molecule has 0 heterocycles. The molecule has 8 heteroatoms. The maximum atomic E-state index is 12.1. The summed E-state index contributed by atoms with van der Waals surface area (Å²) in [5.74, 6) is 1.42. The average Bonchev–Trinajstić information content (AvgIpc) is 2.59. The van der Waals surface area contributed by atoms with Crippen LogP contribution in [0.15, 0.2) is 29.3 Å². The molecule has 0 aliphatic carbocycles. The van der Waals surface area contributed by atoms with Crippen LogP contribution in [0.3, 0.4) is 0 Å². The van der Waals surface area contributed by atoms with Crippen molar-refractivity contribution in [2.45, 2.75) is 20.4 Å². The first kappa shape index (κ1) is 20.2. The number of guanidine groups is 1. The first-order chi connectivity index (χ1) is 11.5. The van der Waals surface area contributed by atoms with Crippen LogP contribution in [0.5, 0.6) is 5.75 Å². The predicted octanol–water partition coefficient (Wildman–Crippen LogP) is 1.03. The van der Waals surface area contributed by atoms with Crippen molar-refractivity contribution >= 4 is 16.0 Å². The van der Waals surface area contributed by atoms with Crippen LogP contribution in [0.4, 0.5) is 0 Å². The highest BCUT2D eigenvalue weighted by Crippen LogP contribution is 2.10. The minimum absolute atomic E-state index is 0.0396. The van der Waals surface area contributed by atoms with E-state index in [4.69, 9.17) is 4.74 Å². The topological polar surface area (TPSA) is 83.0 Å². The molecule has 0 saturated heterocycles. The summed E-state index contributed by atoms with van der Waals surface area (Å²) < 4.78 is 30.8. The van der Waals surface area contributed by atoms with Crippen LogP contribution in [-0.2, 0) is 16.6 Å². The molecular weight excluding hydrogens is 328 g/mol. The second-order valence-electron chi connectivity index (χ2n) is 5.10. The number of rotatable bonds is 9. The fourth-order valence-corrected chi connectivity index (χ4v) is 3.60. The van der Waals surface area contributed by atoms with Crippen LogP contribution < -0.4 is 15.4 Å². The highest BCUT2D eigenvalue weighted by atomic mass is 32.2. The third-order valence-corrected chi connectivity index (χ3v) is 5.62. The summed E-state index contributed by atoms with van der Waals surface area (Å²) in [5.41, 5.74) is 1.08. The van der Waals surface area contributed by atoms with Crippen molar-refractivity contribution in [3.63, 3.8) is 0 Å². The number of benzene rings is 1. The smallest absolute Gasteiger partial charge is 0.215 e. The Morgan fingerprint density at radius 2 is 1.79 bits per heavy atom. The molecule has 136 valence electrons. The molecule has 0 aromatic heterocycles.